The molecule has 2 aromatic heterocycles. The van der Waals surface area contributed by atoms with Crippen LogP contribution >= 0.6 is 23.5 Å². The number of carbonyl (C=O) groups excluding carboxylic acids is 2. The first-order valence-corrected chi connectivity index (χ1v) is 7.48. The molecule has 2 rings (SSSR count). The maximum atomic E-state index is 11.3. The summed E-state index contributed by atoms with van der Waals surface area (Å²) >= 11 is 2.22. The molecule has 20 heavy (non-hydrogen) atoms. The smallest absolute Gasteiger partial charge is 0.190 e. The van der Waals surface area contributed by atoms with Crippen molar-refractivity contribution in [1.82, 2.24) is 9.97 Å². The van der Waals surface area contributed by atoms with Gasteiger partial charge >= 0.3 is 0 Å². The number of carbonyl (C=O) groups is 2. The first kappa shape index (κ1) is 14.7. The van der Waals surface area contributed by atoms with E-state index >= 15 is 0 Å². The monoisotopic (exact) mass is 304 g/mol. The molecule has 2 aromatic rings. The lowest BCUT2D eigenvalue weighted by Gasteiger charge is -2.09. The van der Waals surface area contributed by atoms with Crippen molar-refractivity contribution in [1.29, 1.82) is 0 Å². The SMILES string of the molecule is CC(=O)Sc1cccnc1-c1ncccc1SC(C)=O. The molecule has 0 aromatic carbocycles. The van der Waals surface area contributed by atoms with Gasteiger partial charge < -0.3 is 0 Å². The number of nitrogens with zero attached hydrogens (tertiary/aromatic N) is 2. The second-order valence-electron chi connectivity index (χ2n) is 3.89. The highest BCUT2D eigenvalue weighted by atomic mass is 32.2. The molecule has 0 spiro atoms. The minimum absolute atomic E-state index is 0.0176. The van der Waals surface area contributed by atoms with Gasteiger partial charge in [0.1, 0.15) is 11.4 Å². The van der Waals surface area contributed by atoms with E-state index in [1.165, 1.54) is 13.8 Å². The standard InChI is InChI=1S/C14H12N2O2S2/c1-9(17)19-11-5-3-7-15-13(11)14-12(20-10(2)18)6-4-8-16-14/h3-8H,1-2H3. The minimum Gasteiger partial charge on any atom is -0.287 e. The van der Waals surface area contributed by atoms with Crippen molar-refractivity contribution in [3.05, 3.63) is 36.7 Å². The third-order valence-corrected chi connectivity index (χ3v) is 3.95. The normalized spacial score (nSPS) is 10.3. The van der Waals surface area contributed by atoms with E-state index in [1.54, 1.807) is 24.5 Å². The first-order valence-electron chi connectivity index (χ1n) is 5.85. The Labute approximate surface area is 125 Å². The molecule has 0 N–H and O–H groups in total. The summed E-state index contributed by atoms with van der Waals surface area (Å²) in [6, 6.07) is 7.20. The van der Waals surface area contributed by atoms with E-state index < -0.39 is 0 Å². The summed E-state index contributed by atoms with van der Waals surface area (Å²) in [5.74, 6) is 0. The Morgan fingerprint density at radius 2 is 1.25 bits per heavy atom. The quantitative estimate of drug-likeness (QED) is 0.810. The van der Waals surface area contributed by atoms with Crippen LogP contribution in [0.15, 0.2) is 46.5 Å². The summed E-state index contributed by atoms with van der Waals surface area (Å²) in [5, 5.41) is -0.0353. The molecule has 6 heteroatoms. The van der Waals surface area contributed by atoms with E-state index in [0.717, 1.165) is 33.3 Å². The summed E-state index contributed by atoms with van der Waals surface area (Å²) in [7, 11) is 0. The second-order valence-corrected chi connectivity index (χ2v) is 6.33. The molecular weight excluding hydrogens is 292 g/mol. The van der Waals surface area contributed by atoms with E-state index in [2.05, 4.69) is 9.97 Å². The minimum atomic E-state index is -0.0176. The van der Waals surface area contributed by atoms with E-state index in [1.807, 2.05) is 12.1 Å². The predicted molar refractivity (Wildman–Crippen MR) is 80.5 cm³/mol. The zero-order chi connectivity index (χ0) is 14.5. The highest BCUT2D eigenvalue weighted by molar-refractivity contribution is 8.14. The van der Waals surface area contributed by atoms with Gasteiger partial charge in [0.25, 0.3) is 0 Å². The third kappa shape index (κ3) is 3.68. The van der Waals surface area contributed by atoms with Gasteiger partial charge in [0, 0.05) is 36.0 Å². The largest absolute Gasteiger partial charge is 0.287 e. The molecule has 0 bridgehead atoms. The van der Waals surface area contributed by atoms with Crippen LogP contribution in [0.5, 0.6) is 0 Å². The fraction of sp³-hybridized carbons (Fsp3) is 0.143. The van der Waals surface area contributed by atoms with Crippen LogP contribution in [0, 0.1) is 0 Å². The van der Waals surface area contributed by atoms with Gasteiger partial charge in [0.05, 0.1) is 0 Å². The molecule has 0 aliphatic rings. The van der Waals surface area contributed by atoms with Crippen molar-refractivity contribution < 1.29 is 9.59 Å². The molecular formula is C14H12N2O2S2. The summed E-state index contributed by atoms with van der Waals surface area (Å²) < 4.78 is 0. The van der Waals surface area contributed by atoms with Gasteiger partial charge in [-0.15, -0.1) is 0 Å². The topological polar surface area (TPSA) is 59.9 Å². The van der Waals surface area contributed by atoms with Crippen LogP contribution in [0.3, 0.4) is 0 Å². The second kappa shape index (κ2) is 6.67. The summed E-state index contributed by atoms with van der Waals surface area (Å²) in [6.45, 7) is 3.01. The average molecular weight is 304 g/mol. The Kier molecular flexibility index (Phi) is 4.92. The van der Waals surface area contributed by atoms with Crippen LogP contribution in [0.1, 0.15) is 13.8 Å². The van der Waals surface area contributed by atoms with E-state index in [9.17, 15) is 9.59 Å². The highest BCUT2D eigenvalue weighted by Crippen LogP contribution is 2.34. The highest BCUT2D eigenvalue weighted by Gasteiger charge is 2.15. The lowest BCUT2D eigenvalue weighted by atomic mass is 10.2. The van der Waals surface area contributed by atoms with E-state index in [4.69, 9.17) is 0 Å². The van der Waals surface area contributed by atoms with Gasteiger partial charge in [-0.25, -0.2) is 0 Å². The van der Waals surface area contributed by atoms with Crippen LogP contribution < -0.4 is 0 Å². The van der Waals surface area contributed by atoms with Gasteiger partial charge in [-0.2, -0.15) is 0 Å². The van der Waals surface area contributed by atoms with Crippen molar-refractivity contribution in [2.75, 3.05) is 0 Å². The Hall–Kier alpha value is -1.66. The first-order chi connectivity index (χ1) is 9.58. The number of hydrogen-bond donors (Lipinski definition) is 0. The molecule has 0 fully saturated rings. The van der Waals surface area contributed by atoms with Gasteiger partial charge in [-0.3, -0.25) is 19.6 Å². The zero-order valence-corrected chi connectivity index (χ0v) is 12.6. The summed E-state index contributed by atoms with van der Waals surface area (Å²) in [5.41, 5.74) is 1.24. The molecule has 0 saturated heterocycles. The van der Waals surface area contributed by atoms with Crippen LogP contribution in [-0.2, 0) is 9.59 Å². The average Bonchev–Trinajstić information content (AvgIpc) is 2.39. The van der Waals surface area contributed by atoms with Gasteiger partial charge in [-0.05, 0) is 47.8 Å². The molecule has 0 radical (unpaired) electrons. The number of aromatic nitrogens is 2. The summed E-state index contributed by atoms with van der Waals surface area (Å²) in [6.07, 6.45) is 3.30. The fourth-order valence-corrected chi connectivity index (χ4v) is 3.02. The van der Waals surface area contributed by atoms with Crippen molar-refractivity contribution >= 4 is 33.8 Å². The van der Waals surface area contributed by atoms with Gasteiger partial charge in [0.2, 0.25) is 0 Å². The fourth-order valence-electron chi connectivity index (χ4n) is 1.61. The molecule has 2 heterocycles. The lowest BCUT2D eigenvalue weighted by molar-refractivity contribution is -0.109. The molecule has 0 aliphatic carbocycles. The Bertz CT molecular complexity index is 602. The molecule has 0 aliphatic heterocycles. The summed E-state index contributed by atoms with van der Waals surface area (Å²) in [4.78, 5) is 32.7. The van der Waals surface area contributed by atoms with Crippen molar-refractivity contribution in [2.24, 2.45) is 0 Å². The van der Waals surface area contributed by atoms with E-state index in [-0.39, 0.29) is 10.2 Å². The molecule has 102 valence electrons. The Balaban J connectivity index is 2.51. The van der Waals surface area contributed by atoms with Crippen molar-refractivity contribution in [3.63, 3.8) is 0 Å². The molecule has 0 atom stereocenters. The number of hydrogen-bond acceptors (Lipinski definition) is 6. The predicted octanol–water partition coefficient (Wildman–Crippen LogP) is 3.42. The zero-order valence-electron chi connectivity index (χ0n) is 11.0. The molecule has 0 amide bonds. The number of thioether (sulfide) groups is 2. The van der Waals surface area contributed by atoms with Crippen molar-refractivity contribution in [3.8, 4) is 11.4 Å². The Morgan fingerprint density at radius 3 is 1.60 bits per heavy atom. The third-order valence-electron chi connectivity index (χ3n) is 2.27. The molecule has 0 saturated carbocycles. The maximum Gasteiger partial charge on any atom is 0.190 e. The number of pyridine rings is 2. The Morgan fingerprint density at radius 1 is 0.850 bits per heavy atom. The van der Waals surface area contributed by atoms with Crippen molar-refractivity contribution in [2.45, 2.75) is 23.6 Å². The molecule has 0 unspecified atom stereocenters. The van der Waals surface area contributed by atoms with Crippen LogP contribution in [0.2, 0.25) is 0 Å². The molecule has 4 nitrogen and oxygen atoms in total. The van der Waals surface area contributed by atoms with Crippen LogP contribution in [0.25, 0.3) is 11.4 Å². The maximum absolute atomic E-state index is 11.3. The number of rotatable bonds is 3. The lowest BCUT2D eigenvalue weighted by Crippen LogP contribution is -1.95. The van der Waals surface area contributed by atoms with Crippen LogP contribution in [-0.4, -0.2) is 20.2 Å². The van der Waals surface area contributed by atoms with Gasteiger partial charge in [-0.1, -0.05) is 0 Å². The van der Waals surface area contributed by atoms with Crippen LogP contribution in [0.4, 0.5) is 0 Å². The van der Waals surface area contributed by atoms with E-state index in [0.29, 0.717) is 11.4 Å². The van der Waals surface area contributed by atoms with Gasteiger partial charge in [0.15, 0.2) is 10.2 Å².